The minimum Gasteiger partial charge on any atom is -0.508 e. The van der Waals surface area contributed by atoms with Crippen molar-refractivity contribution in [2.24, 2.45) is 0 Å². The van der Waals surface area contributed by atoms with E-state index in [1.54, 1.807) is 12.1 Å². The standard InChI is InChI=1S/C20H19NO5/c1-12-4-3-5-15(8-12)21-20(24)13(2)26-19(23)9-14-11-25-18-10-16(22)6-7-17(14)18/h3-8,10-11,13,22H,9H2,1-2H3,(H,21,24)/t13-/m1/s1. The number of phenols is 1. The average Bonchev–Trinajstić information content (AvgIpc) is 2.96. The summed E-state index contributed by atoms with van der Waals surface area (Å²) in [6.45, 7) is 3.45. The molecule has 0 spiro atoms. The van der Waals surface area contributed by atoms with Crippen molar-refractivity contribution in [3.05, 3.63) is 59.9 Å². The van der Waals surface area contributed by atoms with Gasteiger partial charge in [-0.3, -0.25) is 9.59 Å². The van der Waals surface area contributed by atoms with E-state index < -0.39 is 18.0 Å². The monoisotopic (exact) mass is 353 g/mol. The highest BCUT2D eigenvalue weighted by Crippen LogP contribution is 2.25. The number of carbonyl (C=O) groups is 2. The topological polar surface area (TPSA) is 88.8 Å². The molecule has 1 heterocycles. The summed E-state index contributed by atoms with van der Waals surface area (Å²) < 4.78 is 10.5. The van der Waals surface area contributed by atoms with Gasteiger partial charge in [0, 0.05) is 22.7 Å². The van der Waals surface area contributed by atoms with Gasteiger partial charge in [-0.15, -0.1) is 0 Å². The van der Waals surface area contributed by atoms with Crippen molar-refractivity contribution in [1.29, 1.82) is 0 Å². The van der Waals surface area contributed by atoms with Crippen LogP contribution in [0.1, 0.15) is 18.1 Å². The van der Waals surface area contributed by atoms with Crippen LogP contribution in [0.3, 0.4) is 0 Å². The lowest BCUT2D eigenvalue weighted by Gasteiger charge is -2.13. The molecule has 0 bridgehead atoms. The number of fused-ring (bicyclic) bond motifs is 1. The van der Waals surface area contributed by atoms with Gasteiger partial charge in [0.05, 0.1) is 12.7 Å². The average molecular weight is 353 g/mol. The van der Waals surface area contributed by atoms with Gasteiger partial charge in [-0.05, 0) is 43.7 Å². The lowest BCUT2D eigenvalue weighted by Crippen LogP contribution is -2.30. The second-order valence-corrected chi connectivity index (χ2v) is 6.11. The molecule has 0 saturated heterocycles. The van der Waals surface area contributed by atoms with Crippen LogP contribution in [0.25, 0.3) is 11.0 Å². The van der Waals surface area contributed by atoms with Gasteiger partial charge in [-0.25, -0.2) is 0 Å². The zero-order chi connectivity index (χ0) is 18.7. The molecule has 0 aliphatic heterocycles. The van der Waals surface area contributed by atoms with Gasteiger partial charge in [0.2, 0.25) is 0 Å². The molecule has 3 rings (SSSR count). The predicted molar refractivity (Wildman–Crippen MR) is 96.9 cm³/mol. The fourth-order valence-electron chi connectivity index (χ4n) is 2.62. The molecular weight excluding hydrogens is 334 g/mol. The molecule has 0 fully saturated rings. The minimum absolute atomic E-state index is 0.0279. The van der Waals surface area contributed by atoms with Gasteiger partial charge in [0.25, 0.3) is 5.91 Å². The third-order valence-electron chi connectivity index (χ3n) is 3.94. The first-order chi connectivity index (χ1) is 12.4. The number of nitrogens with one attached hydrogen (secondary N) is 1. The summed E-state index contributed by atoms with van der Waals surface area (Å²) in [5.41, 5.74) is 2.79. The number of amides is 1. The van der Waals surface area contributed by atoms with Gasteiger partial charge >= 0.3 is 5.97 Å². The van der Waals surface area contributed by atoms with Crippen molar-refractivity contribution in [3.63, 3.8) is 0 Å². The zero-order valence-corrected chi connectivity index (χ0v) is 14.5. The molecule has 2 aromatic carbocycles. The van der Waals surface area contributed by atoms with Crippen LogP contribution >= 0.6 is 0 Å². The van der Waals surface area contributed by atoms with Crippen molar-refractivity contribution in [2.75, 3.05) is 5.32 Å². The van der Waals surface area contributed by atoms with Crippen molar-refractivity contribution in [2.45, 2.75) is 26.4 Å². The van der Waals surface area contributed by atoms with Gasteiger partial charge in [0.15, 0.2) is 6.10 Å². The minimum atomic E-state index is -0.926. The first-order valence-electron chi connectivity index (χ1n) is 8.18. The molecule has 1 atom stereocenters. The number of furan rings is 1. The van der Waals surface area contributed by atoms with Gasteiger partial charge in [0.1, 0.15) is 11.3 Å². The van der Waals surface area contributed by atoms with Gasteiger partial charge in [-0.2, -0.15) is 0 Å². The van der Waals surface area contributed by atoms with E-state index in [0.717, 1.165) is 10.9 Å². The Kier molecular flexibility index (Phi) is 4.93. The van der Waals surface area contributed by atoms with E-state index in [1.807, 2.05) is 25.1 Å². The van der Waals surface area contributed by atoms with Crippen LogP contribution in [0, 0.1) is 6.92 Å². The number of rotatable bonds is 5. The summed E-state index contributed by atoms with van der Waals surface area (Å²) >= 11 is 0. The Morgan fingerprint density at radius 3 is 2.81 bits per heavy atom. The number of phenolic OH excluding ortho intramolecular Hbond substituents is 1. The Bertz CT molecular complexity index is 960. The maximum absolute atomic E-state index is 12.2. The summed E-state index contributed by atoms with van der Waals surface area (Å²) in [7, 11) is 0. The van der Waals surface area contributed by atoms with Gasteiger partial charge < -0.3 is 19.6 Å². The van der Waals surface area contributed by atoms with E-state index in [0.29, 0.717) is 16.8 Å². The molecule has 2 N–H and O–H groups in total. The van der Waals surface area contributed by atoms with Crippen LogP contribution in [0.15, 0.2) is 53.1 Å². The summed E-state index contributed by atoms with van der Waals surface area (Å²) in [4.78, 5) is 24.3. The summed E-state index contributed by atoms with van der Waals surface area (Å²) in [6, 6.07) is 12.0. The molecule has 6 nitrogen and oxygen atoms in total. The number of ether oxygens (including phenoxy) is 1. The molecule has 1 aromatic heterocycles. The van der Waals surface area contributed by atoms with Crippen LogP contribution in [0.4, 0.5) is 5.69 Å². The Morgan fingerprint density at radius 2 is 2.04 bits per heavy atom. The Labute approximate surface area is 150 Å². The highest BCUT2D eigenvalue weighted by molar-refractivity contribution is 5.95. The molecule has 0 aliphatic rings. The Hall–Kier alpha value is -3.28. The number of hydrogen-bond acceptors (Lipinski definition) is 5. The van der Waals surface area contributed by atoms with Crippen molar-refractivity contribution < 1.29 is 23.8 Å². The smallest absolute Gasteiger partial charge is 0.311 e. The Balaban J connectivity index is 1.60. The zero-order valence-electron chi connectivity index (χ0n) is 14.5. The van der Waals surface area contributed by atoms with Gasteiger partial charge in [-0.1, -0.05) is 12.1 Å². The number of hydrogen-bond donors (Lipinski definition) is 2. The molecule has 0 radical (unpaired) electrons. The highest BCUT2D eigenvalue weighted by Gasteiger charge is 2.19. The SMILES string of the molecule is Cc1cccc(NC(=O)[C@@H](C)OC(=O)Cc2coc3cc(O)ccc23)c1. The van der Waals surface area contributed by atoms with E-state index >= 15 is 0 Å². The van der Waals surface area contributed by atoms with E-state index in [-0.39, 0.29) is 12.2 Å². The number of esters is 1. The van der Waals surface area contributed by atoms with Crippen molar-refractivity contribution in [1.82, 2.24) is 0 Å². The molecule has 3 aromatic rings. The van der Waals surface area contributed by atoms with Crippen LogP contribution < -0.4 is 5.32 Å². The number of anilines is 1. The molecule has 0 saturated carbocycles. The normalized spacial score (nSPS) is 11.9. The first-order valence-corrected chi connectivity index (χ1v) is 8.18. The van der Waals surface area contributed by atoms with Crippen molar-refractivity contribution >= 4 is 28.5 Å². The quantitative estimate of drug-likeness (QED) is 0.685. The third-order valence-corrected chi connectivity index (χ3v) is 3.94. The van der Waals surface area contributed by atoms with E-state index in [9.17, 15) is 14.7 Å². The fourth-order valence-corrected chi connectivity index (χ4v) is 2.62. The summed E-state index contributed by atoms with van der Waals surface area (Å²) in [5.74, 6) is -0.846. The highest BCUT2D eigenvalue weighted by atomic mass is 16.5. The molecule has 26 heavy (non-hydrogen) atoms. The maximum Gasteiger partial charge on any atom is 0.311 e. The lowest BCUT2D eigenvalue weighted by atomic mass is 10.1. The summed E-state index contributed by atoms with van der Waals surface area (Å²) in [6.07, 6.45) is 0.494. The van der Waals surface area contributed by atoms with E-state index in [2.05, 4.69) is 5.32 Å². The largest absolute Gasteiger partial charge is 0.508 e. The fraction of sp³-hybridized carbons (Fsp3) is 0.200. The first kappa shape index (κ1) is 17.5. The predicted octanol–water partition coefficient (Wildman–Crippen LogP) is 3.56. The van der Waals surface area contributed by atoms with Crippen LogP contribution in [0.5, 0.6) is 5.75 Å². The van der Waals surface area contributed by atoms with Crippen LogP contribution in [0.2, 0.25) is 0 Å². The second-order valence-electron chi connectivity index (χ2n) is 6.11. The molecule has 6 heteroatoms. The van der Waals surface area contributed by atoms with Crippen LogP contribution in [-0.2, 0) is 20.7 Å². The number of aromatic hydroxyl groups is 1. The molecule has 134 valence electrons. The second kappa shape index (κ2) is 7.31. The molecule has 0 aliphatic carbocycles. The molecule has 0 unspecified atom stereocenters. The lowest BCUT2D eigenvalue weighted by molar-refractivity contribution is -0.152. The number of aryl methyl sites for hydroxylation is 1. The van der Waals surface area contributed by atoms with Crippen LogP contribution in [-0.4, -0.2) is 23.1 Å². The van der Waals surface area contributed by atoms with Crippen molar-refractivity contribution in [3.8, 4) is 5.75 Å². The molecular formula is C20H19NO5. The molecule has 1 amide bonds. The maximum atomic E-state index is 12.2. The third kappa shape index (κ3) is 4.03. The summed E-state index contributed by atoms with van der Waals surface area (Å²) in [5, 5.41) is 12.9. The Morgan fingerprint density at radius 1 is 1.23 bits per heavy atom. The number of benzene rings is 2. The number of carbonyl (C=O) groups excluding carboxylic acids is 2. The van der Waals surface area contributed by atoms with E-state index in [4.69, 9.17) is 9.15 Å². The van der Waals surface area contributed by atoms with E-state index in [1.165, 1.54) is 25.3 Å².